The van der Waals surface area contributed by atoms with E-state index in [0.29, 0.717) is 17.7 Å². The van der Waals surface area contributed by atoms with Crippen LogP contribution in [0.25, 0.3) is 66.4 Å². The summed E-state index contributed by atoms with van der Waals surface area (Å²) in [6.45, 7) is 9.11. The first-order valence-electron chi connectivity index (χ1n) is 15.5. The van der Waals surface area contributed by atoms with Gasteiger partial charge in [-0.05, 0) is 104 Å². The zero-order chi connectivity index (χ0) is 29.5. The molecule has 43 heavy (non-hydrogen) atoms. The molecule has 0 fully saturated rings. The number of rotatable bonds is 7. The summed E-state index contributed by atoms with van der Waals surface area (Å²) in [5.41, 5.74) is 10.5. The topological polar surface area (TPSA) is 26.0 Å². The molecule has 1 heterocycles. The molecule has 0 atom stereocenters. The summed E-state index contributed by atoms with van der Waals surface area (Å²) in [4.78, 5) is 4.95. The van der Waals surface area contributed by atoms with Crippen molar-refractivity contribution in [3.63, 3.8) is 0 Å². The van der Waals surface area contributed by atoms with Crippen molar-refractivity contribution in [2.24, 2.45) is 11.8 Å². The highest BCUT2D eigenvalue weighted by atomic mass is 16.3. The highest BCUT2D eigenvalue weighted by Crippen LogP contribution is 2.43. The van der Waals surface area contributed by atoms with Crippen LogP contribution in [0.15, 0.2) is 120 Å². The first kappa shape index (κ1) is 27.2. The van der Waals surface area contributed by atoms with Gasteiger partial charge in [-0.15, -0.1) is 0 Å². The predicted octanol–water partition coefficient (Wildman–Crippen LogP) is 11.5. The number of fused-ring (bicyclic) bond motifs is 3. The van der Waals surface area contributed by atoms with E-state index in [9.17, 15) is 0 Å². The van der Waals surface area contributed by atoms with Gasteiger partial charge in [0.25, 0.3) is 0 Å². The summed E-state index contributed by atoms with van der Waals surface area (Å²) < 4.78 is 6.38. The Labute approximate surface area is 254 Å². The molecule has 0 unspecified atom stereocenters. The standard InChI is InChI=1S/C41H37NO/c1-26(2)22-31-24-37-38(25-32(31)23-27(3)4)43-41(42-37)30-20-18-29(19-21-30)40-35-16-10-8-14-33(35)39(28-12-6-5-7-13-28)34-15-9-11-17-36(34)40/h5-21,24-27H,22-23H2,1-4H3. The van der Waals surface area contributed by atoms with Crippen molar-refractivity contribution in [3.8, 4) is 33.7 Å². The van der Waals surface area contributed by atoms with E-state index in [1.165, 1.54) is 54.9 Å². The molecular weight excluding hydrogens is 522 g/mol. The summed E-state index contributed by atoms with van der Waals surface area (Å²) >= 11 is 0. The zero-order valence-electron chi connectivity index (χ0n) is 25.4. The summed E-state index contributed by atoms with van der Waals surface area (Å²) in [6, 6.07) is 41.5. The minimum absolute atomic E-state index is 0.590. The van der Waals surface area contributed by atoms with E-state index in [1.54, 1.807) is 0 Å². The highest BCUT2D eigenvalue weighted by Gasteiger charge is 2.18. The monoisotopic (exact) mass is 559 g/mol. The molecular formula is C41H37NO. The summed E-state index contributed by atoms with van der Waals surface area (Å²) in [5.74, 6) is 1.86. The van der Waals surface area contributed by atoms with Crippen LogP contribution >= 0.6 is 0 Å². The molecule has 6 aromatic carbocycles. The van der Waals surface area contributed by atoms with E-state index >= 15 is 0 Å². The van der Waals surface area contributed by atoms with Gasteiger partial charge in [0.1, 0.15) is 5.52 Å². The third-order valence-corrected chi connectivity index (χ3v) is 8.38. The maximum Gasteiger partial charge on any atom is 0.227 e. The van der Waals surface area contributed by atoms with Crippen LogP contribution in [0.4, 0.5) is 0 Å². The molecule has 0 aliphatic heterocycles. The number of benzene rings is 6. The molecule has 0 saturated carbocycles. The van der Waals surface area contributed by atoms with Crippen molar-refractivity contribution in [1.82, 2.24) is 4.98 Å². The zero-order valence-corrected chi connectivity index (χ0v) is 25.4. The molecule has 0 bridgehead atoms. The third kappa shape index (κ3) is 5.12. The van der Waals surface area contributed by atoms with Crippen molar-refractivity contribution >= 4 is 32.6 Å². The first-order chi connectivity index (χ1) is 21.0. The Kier molecular flexibility index (Phi) is 7.07. The van der Waals surface area contributed by atoms with Gasteiger partial charge in [0.15, 0.2) is 5.58 Å². The van der Waals surface area contributed by atoms with Crippen molar-refractivity contribution in [2.75, 3.05) is 0 Å². The van der Waals surface area contributed by atoms with Gasteiger partial charge in [-0.2, -0.15) is 0 Å². The SMILES string of the molecule is CC(C)Cc1cc2nc(-c3ccc(-c4c5ccccc5c(-c5ccccc5)c5ccccc45)cc3)oc2cc1CC(C)C. The van der Waals surface area contributed by atoms with E-state index in [1.807, 2.05) is 0 Å². The van der Waals surface area contributed by atoms with Gasteiger partial charge in [0, 0.05) is 5.56 Å². The normalized spacial score (nSPS) is 11.9. The lowest BCUT2D eigenvalue weighted by Gasteiger charge is -2.17. The van der Waals surface area contributed by atoms with Crippen LogP contribution in [0.1, 0.15) is 38.8 Å². The fraction of sp³-hybridized carbons (Fsp3) is 0.195. The fourth-order valence-electron chi connectivity index (χ4n) is 6.58. The summed E-state index contributed by atoms with van der Waals surface area (Å²) in [6.07, 6.45) is 2.10. The van der Waals surface area contributed by atoms with Gasteiger partial charge in [-0.25, -0.2) is 4.98 Å². The number of nitrogens with zero attached hydrogens (tertiary/aromatic N) is 1. The molecule has 0 spiro atoms. The quantitative estimate of drug-likeness (QED) is 0.182. The Morgan fingerprint density at radius 3 is 1.47 bits per heavy atom. The third-order valence-electron chi connectivity index (χ3n) is 8.38. The molecule has 0 aliphatic carbocycles. The Morgan fingerprint density at radius 2 is 0.953 bits per heavy atom. The van der Waals surface area contributed by atoms with Gasteiger partial charge in [0.2, 0.25) is 5.89 Å². The second-order valence-electron chi connectivity index (χ2n) is 12.6. The Bertz CT molecular complexity index is 1960. The first-order valence-corrected chi connectivity index (χ1v) is 15.5. The average molecular weight is 560 g/mol. The predicted molar refractivity (Wildman–Crippen MR) is 182 cm³/mol. The van der Waals surface area contributed by atoms with Crippen LogP contribution in [-0.4, -0.2) is 4.98 Å². The smallest absolute Gasteiger partial charge is 0.227 e. The van der Waals surface area contributed by atoms with Crippen molar-refractivity contribution in [2.45, 2.75) is 40.5 Å². The van der Waals surface area contributed by atoms with Crippen molar-refractivity contribution in [1.29, 1.82) is 0 Å². The minimum Gasteiger partial charge on any atom is -0.436 e. The second-order valence-corrected chi connectivity index (χ2v) is 12.6. The van der Waals surface area contributed by atoms with Crippen molar-refractivity contribution in [3.05, 3.63) is 126 Å². The minimum atomic E-state index is 0.590. The molecule has 212 valence electrons. The molecule has 1 aromatic heterocycles. The van der Waals surface area contributed by atoms with Crippen LogP contribution in [-0.2, 0) is 12.8 Å². The summed E-state index contributed by atoms with van der Waals surface area (Å²) in [7, 11) is 0. The van der Waals surface area contributed by atoms with Gasteiger partial charge in [-0.1, -0.05) is 119 Å². The molecule has 2 heteroatoms. The van der Waals surface area contributed by atoms with Crippen LogP contribution in [0.5, 0.6) is 0 Å². The van der Waals surface area contributed by atoms with Gasteiger partial charge in [0.05, 0.1) is 0 Å². The molecule has 0 saturated heterocycles. The molecule has 0 radical (unpaired) electrons. The highest BCUT2D eigenvalue weighted by molar-refractivity contribution is 6.21. The van der Waals surface area contributed by atoms with Gasteiger partial charge in [-0.3, -0.25) is 0 Å². The van der Waals surface area contributed by atoms with Crippen molar-refractivity contribution < 1.29 is 4.42 Å². The van der Waals surface area contributed by atoms with E-state index < -0.39 is 0 Å². The van der Waals surface area contributed by atoms with E-state index in [0.717, 1.165) is 29.5 Å². The molecule has 2 nitrogen and oxygen atoms in total. The maximum atomic E-state index is 6.38. The number of hydrogen-bond donors (Lipinski definition) is 0. The van der Waals surface area contributed by atoms with Crippen LogP contribution in [0.2, 0.25) is 0 Å². The molecule has 0 N–H and O–H groups in total. The number of aromatic nitrogens is 1. The van der Waals surface area contributed by atoms with E-state index in [-0.39, 0.29) is 0 Å². The van der Waals surface area contributed by atoms with Crippen LogP contribution in [0, 0.1) is 11.8 Å². The Hall–Kier alpha value is -4.69. The average Bonchev–Trinajstić information content (AvgIpc) is 3.42. The lowest BCUT2D eigenvalue weighted by Crippen LogP contribution is -2.03. The largest absolute Gasteiger partial charge is 0.436 e. The van der Waals surface area contributed by atoms with Gasteiger partial charge >= 0.3 is 0 Å². The van der Waals surface area contributed by atoms with Crippen LogP contribution < -0.4 is 0 Å². The van der Waals surface area contributed by atoms with E-state index in [2.05, 4.69) is 143 Å². The second kappa shape index (κ2) is 11.2. The molecule has 0 aliphatic rings. The fourth-order valence-corrected chi connectivity index (χ4v) is 6.58. The Morgan fingerprint density at radius 1 is 0.512 bits per heavy atom. The summed E-state index contributed by atoms with van der Waals surface area (Å²) in [5, 5.41) is 5.04. The lowest BCUT2D eigenvalue weighted by molar-refractivity contribution is 0.607. The number of hydrogen-bond acceptors (Lipinski definition) is 2. The molecule has 7 rings (SSSR count). The Balaban J connectivity index is 1.34. The van der Waals surface area contributed by atoms with E-state index in [4.69, 9.17) is 9.40 Å². The lowest BCUT2D eigenvalue weighted by atomic mass is 9.86. The number of oxazole rings is 1. The molecule has 0 amide bonds. The van der Waals surface area contributed by atoms with Gasteiger partial charge < -0.3 is 4.42 Å². The molecule has 7 aromatic rings. The maximum absolute atomic E-state index is 6.38. The van der Waals surface area contributed by atoms with Crippen LogP contribution in [0.3, 0.4) is 0 Å².